The summed E-state index contributed by atoms with van der Waals surface area (Å²) in [5.41, 5.74) is -1.73. The number of carboxylic acid groups (broad SMARTS) is 1. The first kappa shape index (κ1) is 58.1. The van der Waals surface area contributed by atoms with Gasteiger partial charge in [0, 0.05) is 10.8 Å². The zero-order chi connectivity index (χ0) is 55.0. The Morgan fingerprint density at radius 1 is 0.613 bits per heavy atom. The largest absolute Gasteiger partial charge is 0.479 e. The highest BCUT2D eigenvalue weighted by atomic mass is 16.8. The summed E-state index contributed by atoms with van der Waals surface area (Å²) >= 11 is 0. The second-order valence-electron chi connectivity index (χ2n) is 25.9. The molecule has 0 aromatic rings. The molecule has 0 aromatic carbocycles. The van der Waals surface area contributed by atoms with Crippen LogP contribution in [-0.2, 0) is 42.7 Å². The van der Waals surface area contributed by atoms with Gasteiger partial charge in [0.1, 0.15) is 73.2 Å². The molecule has 0 aromatic heterocycles. The first-order valence-electron chi connectivity index (χ1n) is 27.1. The summed E-state index contributed by atoms with van der Waals surface area (Å²) in [5.74, 6) is -1.62. The van der Waals surface area contributed by atoms with Gasteiger partial charge in [0.15, 0.2) is 31.3 Å². The number of carbonyl (C=O) groups is 1. The second-order valence-corrected chi connectivity index (χ2v) is 25.9. The summed E-state index contributed by atoms with van der Waals surface area (Å²) in [4.78, 5) is 12.5. The maximum Gasteiger partial charge on any atom is 0.335 e. The summed E-state index contributed by atoms with van der Waals surface area (Å²) in [6.07, 6.45) is -25.1. The van der Waals surface area contributed by atoms with Crippen LogP contribution in [0.2, 0.25) is 0 Å². The van der Waals surface area contributed by atoms with Crippen molar-refractivity contribution in [2.45, 2.75) is 249 Å². The molecule has 0 radical (unpaired) electrons. The Kier molecular flexibility index (Phi) is 15.8. The number of fused-ring (bicyclic) bond motifs is 7. The maximum absolute atomic E-state index is 12.5. The van der Waals surface area contributed by atoms with Gasteiger partial charge < -0.3 is 104 Å². The van der Waals surface area contributed by atoms with Crippen LogP contribution < -0.4 is 0 Å². The number of hydrogen-bond acceptors (Lipinski definition) is 21. The van der Waals surface area contributed by atoms with E-state index in [9.17, 15) is 71.2 Å². The quantitative estimate of drug-likeness (QED) is 0.0938. The van der Waals surface area contributed by atoms with Gasteiger partial charge in [-0.15, -0.1) is 0 Å². The predicted molar refractivity (Wildman–Crippen MR) is 257 cm³/mol. The third-order valence-electron chi connectivity index (χ3n) is 21.4. The highest BCUT2D eigenvalue weighted by Crippen LogP contribution is 2.76. The number of carboxylic acids is 1. The Balaban J connectivity index is 0.958. The fourth-order valence-electron chi connectivity index (χ4n) is 16.3. The zero-order valence-electron chi connectivity index (χ0n) is 44.6. The third kappa shape index (κ3) is 9.12. The van der Waals surface area contributed by atoms with Crippen molar-refractivity contribution in [3.05, 3.63) is 11.6 Å². The fraction of sp³-hybridized carbons (Fsp3) is 0.943. The van der Waals surface area contributed by atoms with Gasteiger partial charge in [0.05, 0.1) is 43.7 Å². The Labute approximate surface area is 437 Å². The van der Waals surface area contributed by atoms with Crippen LogP contribution in [0.25, 0.3) is 0 Å². The number of rotatable bonds is 10. The molecule has 8 fully saturated rings. The molecule has 4 saturated heterocycles. The average Bonchev–Trinajstić information content (AvgIpc) is 3.37. The first-order chi connectivity index (χ1) is 34.9. The Hall–Kier alpha value is -1.59. The van der Waals surface area contributed by atoms with Crippen LogP contribution in [0.15, 0.2) is 11.6 Å². The van der Waals surface area contributed by atoms with Crippen LogP contribution in [-0.4, -0.2) is 221 Å². The molecule has 9 aliphatic rings. The van der Waals surface area contributed by atoms with Crippen molar-refractivity contribution in [3.8, 4) is 0 Å². The van der Waals surface area contributed by atoms with Gasteiger partial charge in [-0.1, -0.05) is 60.1 Å². The van der Waals surface area contributed by atoms with E-state index in [2.05, 4.69) is 47.6 Å². The Bertz CT molecular complexity index is 2100. The van der Waals surface area contributed by atoms with Gasteiger partial charge >= 0.3 is 5.97 Å². The molecule has 9 rings (SSSR count). The molecule has 0 bridgehead atoms. The van der Waals surface area contributed by atoms with E-state index >= 15 is 0 Å². The topological polar surface area (TPSA) is 354 Å². The molecule has 0 amide bonds. The zero-order valence-corrected chi connectivity index (χ0v) is 44.6. The minimum Gasteiger partial charge on any atom is -0.479 e. The van der Waals surface area contributed by atoms with E-state index in [1.54, 1.807) is 6.92 Å². The lowest BCUT2D eigenvalue weighted by Gasteiger charge is -2.72. The first-order valence-corrected chi connectivity index (χ1v) is 27.1. The van der Waals surface area contributed by atoms with E-state index in [0.29, 0.717) is 32.1 Å². The predicted octanol–water partition coefficient (Wildman–Crippen LogP) is -0.834. The molecule has 4 heterocycles. The standard InChI is InChI=1S/C53H86O22/c1-21-29(56)32(59)36(63)44(69-21)73-39-31(58)25(55)19-68-46(39)74-40-35(62)34(61)38(43(66)67)72-47(40)71-28-13-14-50(6)26(51(28,7)20-54)12-15-53(9)27(50)11-10-23-24-18-48(3,4)42(41(65)49(24,5)16-17-52(23,53)8)75-45-37(64)33(60)30(57)22(2)70-45/h10,21-22,24-42,44-47,54-65H,11-20H2,1-9H3,(H,66,67)/t21-,22+,24-,25+,26-,27+,28-,29-,30+,31-,32+,33-,34-,35-,36+,37-,38-,39+,40+,41-,42-,44-,45+,46-,47+,49+,50-,51+,52+,53+/m0/s1. The highest BCUT2D eigenvalue weighted by Gasteiger charge is 2.71. The van der Waals surface area contributed by atoms with Crippen molar-refractivity contribution in [3.63, 3.8) is 0 Å². The molecule has 0 spiro atoms. The number of ether oxygens (including phenoxy) is 8. The molecule has 22 heteroatoms. The van der Waals surface area contributed by atoms with Crippen LogP contribution in [0.4, 0.5) is 0 Å². The molecular formula is C53H86O22. The van der Waals surface area contributed by atoms with E-state index in [-0.39, 0.29) is 40.6 Å². The summed E-state index contributed by atoms with van der Waals surface area (Å²) in [7, 11) is 0. The molecule has 22 nitrogen and oxygen atoms in total. The smallest absolute Gasteiger partial charge is 0.335 e. The van der Waals surface area contributed by atoms with Crippen molar-refractivity contribution < 1.29 is 109 Å². The van der Waals surface area contributed by atoms with Gasteiger partial charge in [0.25, 0.3) is 0 Å². The van der Waals surface area contributed by atoms with Crippen molar-refractivity contribution >= 4 is 5.97 Å². The second kappa shape index (κ2) is 20.4. The van der Waals surface area contributed by atoms with Crippen molar-refractivity contribution in [2.24, 2.45) is 50.2 Å². The van der Waals surface area contributed by atoms with Gasteiger partial charge in [-0.3, -0.25) is 0 Å². The van der Waals surface area contributed by atoms with Gasteiger partial charge in [-0.2, -0.15) is 0 Å². The minimum absolute atomic E-state index is 0.0130. The molecule has 0 unspecified atom stereocenters. The molecule has 4 saturated carbocycles. The average molecular weight is 1080 g/mol. The molecular weight excluding hydrogens is 989 g/mol. The van der Waals surface area contributed by atoms with Crippen LogP contribution in [0, 0.1) is 50.2 Å². The molecule has 75 heavy (non-hydrogen) atoms. The molecule has 4 aliphatic heterocycles. The van der Waals surface area contributed by atoms with Crippen molar-refractivity contribution in [1.29, 1.82) is 0 Å². The monoisotopic (exact) mass is 1070 g/mol. The van der Waals surface area contributed by atoms with Crippen LogP contribution >= 0.6 is 0 Å². The van der Waals surface area contributed by atoms with E-state index in [4.69, 9.17) is 37.9 Å². The molecule has 430 valence electrons. The van der Waals surface area contributed by atoms with E-state index < -0.39 is 164 Å². The molecule has 5 aliphatic carbocycles. The normalized spacial score (nSPS) is 56.9. The maximum atomic E-state index is 12.5. The van der Waals surface area contributed by atoms with E-state index in [0.717, 1.165) is 19.3 Å². The lowest BCUT2D eigenvalue weighted by Crippen LogP contribution is -2.69. The van der Waals surface area contributed by atoms with E-state index in [1.807, 2.05) is 6.92 Å². The fourth-order valence-corrected chi connectivity index (χ4v) is 16.3. The number of aliphatic carboxylic acids is 1. The number of aliphatic hydroxyl groups excluding tert-OH is 12. The SMILES string of the molecule is C[C@@H]1O[C@@H](O[C@H]2[C@H](O[C@H]3[C@H](O[C@H]4CC[C@@]5(C)[C@H](CC[C@]6(C)[C@@H]5CC=C5[C@@H]7CC(C)(C)[C@@H](O[C@H]8O[C@H](C)[C@@H](O)[C@H](O)[C@@H]8O)[C@H](O)[C@]7(C)CC[C@]56C)[C@@]4(C)CO)O[C@H](C(=O)O)[C@@H](O)[C@@H]3O)OC[C@@H](O)[C@@H]2O)[C@H](O)[C@H](O)[C@H]1O. The highest BCUT2D eigenvalue weighted by molar-refractivity contribution is 5.73. The van der Waals surface area contributed by atoms with Gasteiger partial charge in [-0.25, -0.2) is 4.79 Å². The van der Waals surface area contributed by atoms with E-state index in [1.165, 1.54) is 12.5 Å². The van der Waals surface area contributed by atoms with Crippen molar-refractivity contribution in [1.82, 2.24) is 0 Å². The number of aliphatic hydroxyl groups is 12. The summed E-state index contributed by atoms with van der Waals surface area (Å²) in [6, 6.07) is 0. The third-order valence-corrected chi connectivity index (χ3v) is 21.4. The number of allylic oxidation sites excluding steroid dienone is 2. The summed E-state index contributed by atoms with van der Waals surface area (Å²) in [5, 5.41) is 142. The van der Waals surface area contributed by atoms with Crippen LogP contribution in [0.1, 0.15) is 114 Å². The number of hydrogen-bond donors (Lipinski definition) is 13. The lowest BCUT2D eigenvalue weighted by molar-refractivity contribution is -0.387. The minimum atomic E-state index is -2.05. The van der Waals surface area contributed by atoms with Crippen LogP contribution in [0.3, 0.4) is 0 Å². The van der Waals surface area contributed by atoms with Gasteiger partial charge in [0.2, 0.25) is 0 Å². The van der Waals surface area contributed by atoms with Crippen molar-refractivity contribution in [2.75, 3.05) is 13.2 Å². The Morgan fingerprint density at radius 3 is 1.80 bits per heavy atom. The molecule has 30 atom stereocenters. The van der Waals surface area contributed by atoms with Crippen LogP contribution in [0.5, 0.6) is 0 Å². The Morgan fingerprint density at radius 2 is 1.20 bits per heavy atom. The lowest BCUT2D eigenvalue weighted by atomic mass is 9.33. The molecule has 13 N–H and O–H groups in total. The summed E-state index contributed by atoms with van der Waals surface area (Å²) in [6.45, 7) is 17.4. The van der Waals surface area contributed by atoms with Gasteiger partial charge in [-0.05, 0) is 105 Å². The summed E-state index contributed by atoms with van der Waals surface area (Å²) < 4.78 is 48.5.